The van der Waals surface area contributed by atoms with Gasteiger partial charge in [0.15, 0.2) is 11.5 Å². The Bertz CT molecular complexity index is 808. The Balaban J connectivity index is 2.01. The zero-order chi connectivity index (χ0) is 20.1. The molecule has 0 saturated carbocycles. The fourth-order valence-corrected chi connectivity index (χ4v) is 2.58. The smallest absolute Gasteiger partial charge is 0.328 e. The number of nitrogens with zero attached hydrogens (tertiary/aromatic N) is 1. The van der Waals surface area contributed by atoms with Crippen molar-refractivity contribution >= 4 is 23.5 Å². The van der Waals surface area contributed by atoms with Crippen LogP contribution in [0.2, 0.25) is 5.02 Å². The van der Waals surface area contributed by atoms with Crippen molar-refractivity contribution in [1.29, 1.82) is 0 Å². The van der Waals surface area contributed by atoms with E-state index < -0.39 is 17.9 Å². The van der Waals surface area contributed by atoms with Gasteiger partial charge in [-0.15, -0.1) is 0 Å². The van der Waals surface area contributed by atoms with Crippen LogP contribution >= 0.6 is 11.6 Å². The van der Waals surface area contributed by atoms with Gasteiger partial charge >= 0.3 is 5.97 Å². The summed E-state index contributed by atoms with van der Waals surface area (Å²) >= 11 is 6.14. The van der Waals surface area contributed by atoms with Crippen molar-refractivity contribution in [3.8, 4) is 5.75 Å². The maximum atomic E-state index is 12.3. The SMILES string of the molecule is COC(=O)[C@@H](NC(=O)c1cc(COc2cc(C)c(Cl)c(C)c2)on1)C(C)C. The van der Waals surface area contributed by atoms with Crippen molar-refractivity contribution in [3.05, 3.63) is 45.8 Å². The molecule has 1 aromatic heterocycles. The van der Waals surface area contributed by atoms with Crippen LogP contribution in [0.25, 0.3) is 0 Å². The molecule has 146 valence electrons. The minimum absolute atomic E-state index is 0.0617. The van der Waals surface area contributed by atoms with Crippen molar-refractivity contribution in [2.75, 3.05) is 7.11 Å². The number of benzene rings is 1. The number of carbonyl (C=O) groups is 2. The molecule has 2 rings (SSSR count). The lowest BCUT2D eigenvalue weighted by atomic mass is 10.0. The van der Waals surface area contributed by atoms with E-state index in [0.29, 0.717) is 16.5 Å². The number of hydrogen-bond donors (Lipinski definition) is 1. The summed E-state index contributed by atoms with van der Waals surface area (Å²) in [6, 6.07) is 4.35. The van der Waals surface area contributed by atoms with Crippen LogP contribution in [0.5, 0.6) is 5.75 Å². The largest absolute Gasteiger partial charge is 0.486 e. The van der Waals surface area contributed by atoms with Crippen molar-refractivity contribution in [2.24, 2.45) is 5.92 Å². The Hall–Kier alpha value is -2.54. The molecule has 7 nitrogen and oxygen atoms in total. The first-order valence-corrected chi connectivity index (χ1v) is 8.84. The summed E-state index contributed by atoms with van der Waals surface area (Å²) < 4.78 is 15.5. The highest BCUT2D eigenvalue weighted by Crippen LogP contribution is 2.26. The molecule has 2 aromatic rings. The Morgan fingerprint density at radius 2 is 1.85 bits per heavy atom. The van der Waals surface area contributed by atoms with E-state index >= 15 is 0 Å². The molecule has 1 aromatic carbocycles. The number of ether oxygens (including phenoxy) is 2. The molecule has 0 fully saturated rings. The van der Waals surface area contributed by atoms with Crippen LogP contribution < -0.4 is 10.1 Å². The fraction of sp³-hybridized carbons (Fsp3) is 0.421. The lowest BCUT2D eigenvalue weighted by Crippen LogP contribution is -2.45. The Morgan fingerprint density at radius 1 is 1.22 bits per heavy atom. The second-order valence-corrected chi connectivity index (χ2v) is 6.93. The summed E-state index contributed by atoms with van der Waals surface area (Å²) in [5.74, 6) is -0.148. The van der Waals surface area contributed by atoms with Crippen molar-refractivity contribution < 1.29 is 23.6 Å². The van der Waals surface area contributed by atoms with E-state index in [1.54, 1.807) is 13.8 Å². The summed E-state index contributed by atoms with van der Waals surface area (Å²) in [6.07, 6.45) is 0. The number of aryl methyl sites for hydroxylation is 2. The number of hydrogen-bond acceptors (Lipinski definition) is 6. The first-order valence-electron chi connectivity index (χ1n) is 8.46. The molecule has 0 bridgehead atoms. The van der Waals surface area contributed by atoms with Gasteiger partial charge in [0.2, 0.25) is 0 Å². The highest BCUT2D eigenvalue weighted by molar-refractivity contribution is 6.32. The molecule has 0 aliphatic carbocycles. The number of rotatable bonds is 7. The third-order valence-electron chi connectivity index (χ3n) is 3.99. The van der Waals surface area contributed by atoms with Crippen LogP contribution in [0.3, 0.4) is 0 Å². The zero-order valence-corrected chi connectivity index (χ0v) is 16.7. The van der Waals surface area contributed by atoms with E-state index in [9.17, 15) is 9.59 Å². The van der Waals surface area contributed by atoms with Gasteiger partial charge in [-0.05, 0) is 43.0 Å². The number of methoxy groups -OCH3 is 1. The van der Waals surface area contributed by atoms with Crippen LogP contribution in [0.15, 0.2) is 22.7 Å². The first kappa shape index (κ1) is 20.8. The molecule has 1 heterocycles. The normalized spacial score (nSPS) is 12.0. The van der Waals surface area contributed by atoms with Gasteiger partial charge in [-0.3, -0.25) is 4.79 Å². The van der Waals surface area contributed by atoms with E-state index in [-0.39, 0.29) is 18.2 Å². The number of nitrogens with one attached hydrogen (secondary N) is 1. The Labute approximate surface area is 163 Å². The maximum Gasteiger partial charge on any atom is 0.328 e. The molecule has 8 heteroatoms. The molecule has 0 aliphatic rings. The minimum Gasteiger partial charge on any atom is -0.486 e. The average Bonchev–Trinajstić information content (AvgIpc) is 3.10. The van der Waals surface area contributed by atoms with Gasteiger partial charge in [0.25, 0.3) is 5.91 Å². The van der Waals surface area contributed by atoms with E-state index in [1.165, 1.54) is 13.2 Å². The molecule has 1 amide bonds. The fourth-order valence-electron chi connectivity index (χ4n) is 2.47. The van der Waals surface area contributed by atoms with Crippen molar-refractivity contribution in [3.63, 3.8) is 0 Å². The van der Waals surface area contributed by atoms with Crippen molar-refractivity contribution in [2.45, 2.75) is 40.3 Å². The van der Waals surface area contributed by atoms with Crippen LogP contribution in [-0.2, 0) is 16.1 Å². The molecular weight excluding hydrogens is 372 g/mol. The minimum atomic E-state index is -0.765. The van der Waals surface area contributed by atoms with E-state index in [4.69, 9.17) is 25.6 Å². The maximum absolute atomic E-state index is 12.3. The zero-order valence-electron chi connectivity index (χ0n) is 16.0. The molecule has 1 N–H and O–H groups in total. The number of aromatic nitrogens is 1. The van der Waals surface area contributed by atoms with Gasteiger partial charge in [0.1, 0.15) is 18.4 Å². The molecular formula is C19H23ClN2O5. The van der Waals surface area contributed by atoms with Crippen LogP contribution in [-0.4, -0.2) is 30.2 Å². The van der Waals surface area contributed by atoms with Crippen LogP contribution in [0.4, 0.5) is 0 Å². The molecule has 0 saturated heterocycles. The van der Waals surface area contributed by atoms with Crippen LogP contribution in [0.1, 0.15) is 41.2 Å². The van der Waals surface area contributed by atoms with E-state index in [2.05, 4.69) is 10.5 Å². The Morgan fingerprint density at radius 3 is 2.41 bits per heavy atom. The summed E-state index contributed by atoms with van der Waals surface area (Å²) in [5.41, 5.74) is 1.88. The van der Waals surface area contributed by atoms with Crippen LogP contribution in [0, 0.1) is 19.8 Å². The summed E-state index contributed by atoms with van der Waals surface area (Å²) in [7, 11) is 1.27. The van der Waals surface area contributed by atoms with Gasteiger partial charge in [-0.2, -0.15) is 0 Å². The first-order chi connectivity index (χ1) is 12.7. The predicted molar refractivity (Wildman–Crippen MR) is 99.9 cm³/mol. The number of amides is 1. The number of halogens is 1. The monoisotopic (exact) mass is 394 g/mol. The topological polar surface area (TPSA) is 90.7 Å². The second-order valence-electron chi connectivity index (χ2n) is 6.56. The third kappa shape index (κ3) is 5.23. The lowest BCUT2D eigenvalue weighted by molar-refractivity contribution is -0.144. The summed E-state index contributed by atoms with van der Waals surface area (Å²) in [5, 5.41) is 7.04. The Kier molecular flexibility index (Phi) is 6.85. The van der Waals surface area contributed by atoms with Crippen molar-refractivity contribution in [1.82, 2.24) is 10.5 Å². The predicted octanol–water partition coefficient (Wildman–Crippen LogP) is 3.45. The van der Waals surface area contributed by atoms with Gasteiger partial charge in [0.05, 0.1) is 7.11 Å². The molecule has 0 radical (unpaired) electrons. The summed E-state index contributed by atoms with van der Waals surface area (Å²) in [4.78, 5) is 24.1. The van der Waals surface area contributed by atoms with Gasteiger partial charge < -0.3 is 19.3 Å². The van der Waals surface area contributed by atoms with Gasteiger partial charge in [-0.25, -0.2) is 4.79 Å². The molecule has 27 heavy (non-hydrogen) atoms. The molecule has 1 atom stereocenters. The molecule has 0 aliphatic heterocycles. The van der Waals surface area contributed by atoms with E-state index in [0.717, 1.165) is 11.1 Å². The number of carbonyl (C=O) groups excluding carboxylic acids is 2. The molecule has 0 spiro atoms. The number of esters is 1. The standard InChI is InChI=1S/C19H23ClN2O5/c1-10(2)17(19(24)25-5)21-18(23)15-8-14(27-22-15)9-26-13-6-11(3)16(20)12(4)7-13/h6-8,10,17H,9H2,1-5H3,(H,21,23)/t17-/m0/s1. The molecule has 0 unspecified atom stereocenters. The highest BCUT2D eigenvalue weighted by atomic mass is 35.5. The highest BCUT2D eigenvalue weighted by Gasteiger charge is 2.26. The third-order valence-corrected chi connectivity index (χ3v) is 4.59. The average molecular weight is 395 g/mol. The lowest BCUT2D eigenvalue weighted by Gasteiger charge is -2.18. The van der Waals surface area contributed by atoms with Gasteiger partial charge in [0, 0.05) is 11.1 Å². The summed E-state index contributed by atoms with van der Waals surface area (Å²) in [6.45, 7) is 7.50. The second kappa shape index (κ2) is 8.90. The quantitative estimate of drug-likeness (QED) is 0.723. The van der Waals surface area contributed by atoms with Gasteiger partial charge in [-0.1, -0.05) is 30.6 Å². The van der Waals surface area contributed by atoms with E-state index in [1.807, 2.05) is 26.0 Å².